The first-order chi connectivity index (χ1) is 8.24. The van der Waals surface area contributed by atoms with Gasteiger partial charge < -0.3 is 10.2 Å². The molecule has 1 N–H and O–H groups in total. The van der Waals surface area contributed by atoms with E-state index in [1.165, 1.54) is 18.9 Å². The molecule has 1 unspecified atom stereocenters. The Hall–Kier alpha value is -0.610. The summed E-state index contributed by atoms with van der Waals surface area (Å²) in [4.78, 5) is 2.28. The summed E-state index contributed by atoms with van der Waals surface area (Å²) >= 11 is 3.51. The van der Waals surface area contributed by atoms with E-state index in [-0.39, 0.29) is 5.82 Å². The van der Waals surface area contributed by atoms with Crippen LogP contribution in [0.4, 0.5) is 10.1 Å². The van der Waals surface area contributed by atoms with Gasteiger partial charge in [0, 0.05) is 30.1 Å². The SMILES string of the molecule is Fc1ccc(Br)c(N2CCNC(C3CC3)C2)c1. The van der Waals surface area contributed by atoms with Crippen LogP contribution in [0.3, 0.4) is 0 Å². The molecule has 1 aliphatic carbocycles. The number of halogens is 2. The van der Waals surface area contributed by atoms with Gasteiger partial charge in [-0.25, -0.2) is 4.39 Å². The fraction of sp³-hybridized carbons (Fsp3) is 0.538. The molecule has 2 aliphatic rings. The molecule has 1 aliphatic heterocycles. The molecule has 2 fully saturated rings. The van der Waals surface area contributed by atoms with Gasteiger partial charge in [0.2, 0.25) is 0 Å². The van der Waals surface area contributed by atoms with Crippen molar-refractivity contribution in [2.24, 2.45) is 5.92 Å². The van der Waals surface area contributed by atoms with E-state index in [1.807, 2.05) is 0 Å². The van der Waals surface area contributed by atoms with Crippen molar-refractivity contribution in [3.05, 3.63) is 28.5 Å². The van der Waals surface area contributed by atoms with Gasteiger partial charge in [-0.2, -0.15) is 0 Å². The van der Waals surface area contributed by atoms with E-state index in [1.54, 1.807) is 12.1 Å². The number of piperazine rings is 1. The van der Waals surface area contributed by atoms with Crippen LogP contribution in [0.15, 0.2) is 22.7 Å². The third-order valence-electron chi connectivity index (χ3n) is 3.65. The molecule has 17 heavy (non-hydrogen) atoms. The lowest BCUT2D eigenvalue weighted by Gasteiger charge is -2.36. The van der Waals surface area contributed by atoms with Gasteiger partial charge in [-0.1, -0.05) is 0 Å². The molecular formula is C13H16BrFN2. The number of benzene rings is 1. The molecule has 3 rings (SSSR count). The standard InChI is InChI=1S/C13H16BrFN2/c14-11-4-3-10(15)7-13(11)17-6-5-16-12(8-17)9-1-2-9/h3-4,7,9,12,16H,1-2,5-6,8H2. The molecule has 2 nitrogen and oxygen atoms in total. The van der Waals surface area contributed by atoms with Gasteiger partial charge in [0.15, 0.2) is 0 Å². The molecule has 0 amide bonds. The lowest BCUT2D eigenvalue weighted by atomic mass is 10.1. The average Bonchev–Trinajstić information content (AvgIpc) is 3.17. The normalized spacial score (nSPS) is 25.1. The Labute approximate surface area is 109 Å². The minimum absolute atomic E-state index is 0.162. The zero-order valence-electron chi connectivity index (χ0n) is 9.63. The Kier molecular flexibility index (Phi) is 3.09. The highest BCUT2D eigenvalue weighted by Crippen LogP contribution is 2.35. The van der Waals surface area contributed by atoms with Gasteiger partial charge in [-0.05, 0) is 52.9 Å². The van der Waals surface area contributed by atoms with Crippen molar-refractivity contribution in [3.8, 4) is 0 Å². The molecule has 0 aromatic heterocycles. The predicted octanol–water partition coefficient (Wildman–Crippen LogP) is 2.78. The highest BCUT2D eigenvalue weighted by Gasteiger charge is 2.34. The lowest BCUT2D eigenvalue weighted by Crippen LogP contribution is -2.51. The van der Waals surface area contributed by atoms with Crippen LogP contribution in [-0.4, -0.2) is 25.7 Å². The van der Waals surface area contributed by atoms with Crippen LogP contribution in [-0.2, 0) is 0 Å². The quantitative estimate of drug-likeness (QED) is 0.903. The summed E-state index contributed by atoms with van der Waals surface area (Å²) < 4.78 is 14.3. The second-order valence-corrected chi connectivity index (χ2v) is 5.79. The number of nitrogens with one attached hydrogen (secondary N) is 1. The van der Waals surface area contributed by atoms with E-state index in [0.717, 1.165) is 35.7 Å². The molecule has 0 spiro atoms. The molecule has 4 heteroatoms. The van der Waals surface area contributed by atoms with E-state index >= 15 is 0 Å². The van der Waals surface area contributed by atoms with Crippen molar-refractivity contribution in [2.45, 2.75) is 18.9 Å². The summed E-state index contributed by atoms with van der Waals surface area (Å²) in [5, 5.41) is 3.56. The lowest BCUT2D eigenvalue weighted by molar-refractivity contribution is 0.418. The highest BCUT2D eigenvalue weighted by molar-refractivity contribution is 9.10. The fourth-order valence-electron chi connectivity index (χ4n) is 2.54. The van der Waals surface area contributed by atoms with Gasteiger partial charge in [0.05, 0.1) is 5.69 Å². The van der Waals surface area contributed by atoms with E-state index in [2.05, 4.69) is 26.1 Å². The minimum Gasteiger partial charge on any atom is -0.368 e. The first-order valence-electron chi connectivity index (χ1n) is 6.17. The number of hydrogen-bond donors (Lipinski definition) is 1. The summed E-state index contributed by atoms with van der Waals surface area (Å²) in [5.41, 5.74) is 0.983. The number of nitrogens with zero attached hydrogens (tertiary/aromatic N) is 1. The Balaban J connectivity index is 1.79. The van der Waals surface area contributed by atoms with E-state index < -0.39 is 0 Å². The molecule has 1 atom stereocenters. The van der Waals surface area contributed by atoms with E-state index in [0.29, 0.717) is 6.04 Å². The molecule has 0 bridgehead atoms. The van der Waals surface area contributed by atoms with Crippen molar-refractivity contribution in [1.29, 1.82) is 0 Å². The third-order valence-corrected chi connectivity index (χ3v) is 4.32. The Bertz CT molecular complexity index is 420. The second-order valence-electron chi connectivity index (χ2n) is 4.94. The molecular weight excluding hydrogens is 283 g/mol. The monoisotopic (exact) mass is 298 g/mol. The molecule has 1 aromatic rings. The maximum absolute atomic E-state index is 13.3. The first kappa shape index (κ1) is 11.5. The molecule has 1 aromatic carbocycles. The number of rotatable bonds is 2. The summed E-state index contributed by atoms with van der Waals surface area (Å²) in [5.74, 6) is 0.676. The average molecular weight is 299 g/mol. The molecule has 92 valence electrons. The van der Waals surface area contributed by atoms with Crippen molar-refractivity contribution >= 4 is 21.6 Å². The zero-order chi connectivity index (χ0) is 11.8. The van der Waals surface area contributed by atoms with Gasteiger partial charge in [-0.3, -0.25) is 0 Å². The van der Waals surface area contributed by atoms with Crippen LogP contribution >= 0.6 is 15.9 Å². The Morgan fingerprint density at radius 3 is 2.94 bits per heavy atom. The molecule has 0 radical (unpaired) electrons. The topological polar surface area (TPSA) is 15.3 Å². The van der Waals surface area contributed by atoms with Crippen LogP contribution in [0.1, 0.15) is 12.8 Å². The Morgan fingerprint density at radius 2 is 2.18 bits per heavy atom. The summed E-state index contributed by atoms with van der Waals surface area (Å²) in [7, 11) is 0. The number of hydrogen-bond acceptors (Lipinski definition) is 2. The van der Waals surface area contributed by atoms with Crippen LogP contribution < -0.4 is 10.2 Å². The van der Waals surface area contributed by atoms with Gasteiger partial charge in [-0.15, -0.1) is 0 Å². The van der Waals surface area contributed by atoms with Gasteiger partial charge in [0.25, 0.3) is 0 Å². The minimum atomic E-state index is -0.162. The van der Waals surface area contributed by atoms with Crippen LogP contribution in [0.5, 0.6) is 0 Å². The van der Waals surface area contributed by atoms with Gasteiger partial charge >= 0.3 is 0 Å². The van der Waals surface area contributed by atoms with Crippen molar-refractivity contribution in [2.75, 3.05) is 24.5 Å². The van der Waals surface area contributed by atoms with Crippen LogP contribution in [0, 0.1) is 11.7 Å². The largest absolute Gasteiger partial charge is 0.368 e. The maximum Gasteiger partial charge on any atom is 0.125 e. The predicted molar refractivity (Wildman–Crippen MR) is 70.8 cm³/mol. The summed E-state index contributed by atoms with van der Waals surface area (Å²) in [6.45, 7) is 2.93. The summed E-state index contributed by atoms with van der Waals surface area (Å²) in [6.07, 6.45) is 2.69. The highest BCUT2D eigenvalue weighted by atomic mass is 79.9. The molecule has 1 saturated heterocycles. The third kappa shape index (κ3) is 2.47. The van der Waals surface area contributed by atoms with Crippen molar-refractivity contribution < 1.29 is 4.39 Å². The second kappa shape index (κ2) is 4.58. The maximum atomic E-state index is 13.3. The van der Waals surface area contributed by atoms with Crippen LogP contribution in [0.25, 0.3) is 0 Å². The van der Waals surface area contributed by atoms with Crippen LogP contribution in [0.2, 0.25) is 0 Å². The van der Waals surface area contributed by atoms with Crippen molar-refractivity contribution in [3.63, 3.8) is 0 Å². The summed E-state index contributed by atoms with van der Waals surface area (Å²) in [6, 6.07) is 5.49. The van der Waals surface area contributed by atoms with E-state index in [9.17, 15) is 4.39 Å². The molecule has 1 heterocycles. The van der Waals surface area contributed by atoms with Crippen molar-refractivity contribution in [1.82, 2.24) is 5.32 Å². The zero-order valence-corrected chi connectivity index (χ0v) is 11.2. The first-order valence-corrected chi connectivity index (χ1v) is 6.97. The van der Waals surface area contributed by atoms with E-state index in [4.69, 9.17) is 0 Å². The smallest absolute Gasteiger partial charge is 0.125 e. The number of anilines is 1. The molecule has 1 saturated carbocycles. The fourth-order valence-corrected chi connectivity index (χ4v) is 3.04. The van der Waals surface area contributed by atoms with Gasteiger partial charge in [0.1, 0.15) is 5.82 Å². The Morgan fingerprint density at radius 1 is 1.35 bits per heavy atom.